The number of hydrogen-bond donors (Lipinski definition) is 1. The Balaban J connectivity index is 2.27. The summed E-state index contributed by atoms with van der Waals surface area (Å²) in [5.41, 5.74) is 6.56. The first-order valence-electron chi connectivity index (χ1n) is 5.07. The van der Waals surface area contributed by atoms with Crippen molar-refractivity contribution in [3.63, 3.8) is 0 Å². The van der Waals surface area contributed by atoms with E-state index in [1.54, 1.807) is 0 Å². The van der Waals surface area contributed by atoms with Gasteiger partial charge < -0.3 is 10.6 Å². The molecule has 0 amide bonds. The molecule has 4 heteroatoms. The lowest BCUT2D eigenvalue weighted by Gasteiger charge is -2.19. The Morgan fingerprint density at radius 1 is 1.40 bits per heavy atom. The topological polar surface area (TPSA) is 41.6 Å². The van der Waals surface area contributed by atoms with Gasteiger partial charge in [0.1, 0.15) is 5.84 Å². The Hall–Kier alpha value is -1.06. The number of amidine groups is 1. The van der Waals surface area contributed by atoms with E-state index in [2.05, 4.69) is 9.89 Å². The van der Waals surface area contributed by atoms with E-state index in [-0.39, 0.29) is 0 Å². The molecular weight excluding hydrogens is 210 g/mol. The summed E-state index contributed by atoms with van der Waals surface area (Å²) in [6.45, 7) is 3.26. The zero-order valence-corrected chi connectivity index (χ0v) is 9.24. The zero-order chi connectivity index (χ0) is 10.7. The molecule has 0 saturated carbocycles. The van der Waals surface area contributed by atoms with E-state index in [1.165, 1.54) is 0 Å². The monoisotopic (exact) mass is 223 g/mol. The molecule has 0 atom stereocenters. The number of rotatable bonds is 3. The average Bonchev–Trinajstić information content (AvgIpc) is 2.67. The van der Waals surface area contributed by atoms with Crippen LogP contribution in [0.15, 0.2) is 29.3 Å². The van der Waals surface area contributed by atoms with Gasteiger partial charge in [-0.2, -0.15) is 0 Å². The van der Waals surface area contributed by atoms with Crippen LogP contribution >= 0.6 is 11.6 Å². The van der Waals surface area contributed by atoms with Gasteiger partial charge in [0.25, 0.3) is 0 Å². The maximum atomic E-state index is 6.13. The summed E-state index contributed by atoms with van der Waals surface area (Å²) < 4.78 is 0. The lowest BCUT2D eigenvalue weighted by Crippen LogP contribution is -2.33. The van der Waals surface area contributed by atoms with Crippen LogP contribution in [0.3, 0.4) is 0 Å². The van der Waals surface area contributed by atoms with Gasteiger partial charge >= 0.3 is 0 Å². The summed E-state index contributed by atoms with van der Waals surface area (Å²) in [6.07, 6.45) is 0. The fourth-order valence-corrected chi connectivity index (χ4v) is 1.97. The fraction of sp³-hybridized carbons (Fsp3) is 0.364. The van der Waals surface area contributed by atoms with Crippen LogP contribution in [0, 0.1) is 0 Å². The third kappa shape index (κ3) is 2.13. The number of nitrogens with zero attached hydrogens (tertiary/aromatic N) is 2. The Labute approximate surface area is 94.5 Å². The van der Waals surface area contributed by atoms with Crippen molar-refractivity contribution in [1.82, 2.24) is 4.90 Å². The molecule has 0 aliphatic carbocycles. The predicted molar refractivity (Wildman–Crippen MR) is 63.5 cm³/mol. The average molecular weight is 224 g/mol. The number of hydrogen-bond acceptors (Lipinski definition) is 3. The molecule has 1 aromatic rings. The van der Waals surface area contributed by atoms with Crippen molar-refractivity contribution in [3.8, 4) is 0 Å². The van der Waals surface area contributed by atoms with Crippen LogP contribution in [-0.4, -0.2) is 36.9 Å². The lowest BCUT2D eigenvalue weighted by molar-refractivity contribution is 0.468. The van der Waals surface area contributed by atoms with Crippen LogP contribution in [0.5, 0.6) is 0 Å². The summed E-state index contributed by atoms with van der Waals surface area (Å²) >= 11 is 6.13. The van der Waals surface area contributed by atoms with E-state index in [0.29, 0.717) is 6.54 Å². The Bertz CT molecular complexity index is 376. The minimum absolute atomic E-state index is 0.642. The molecular formula is C11H14ClN3. The van der Waals surface area contributed by atoms with Gasteiger partial charge in [-0.3, -0.25) is 4.99 Å². The number of aliphatic imine (C=N–C) groups is 1. The summed E-state index contributed by atoms with van der Waals surface area (Å²) in [4.78, 5) is 6.65. The van der Waals surface area contributed by atoms with E-state index >= 15 is 0 Å². The fourth-order valence-electron chi connectivity index (χ4n) is 1.75. The van der Waals surface area contributed by atoms with Crippen LogP contribution in [0.4, 0.5) is 0 Å². The van der Waals surface area contributed by atoms with Gasteiger partial charge in [0.15, 0.2) is 0 Å². The Morgan fingerprint density at radius 2 is 2.20 bits per heavy atom. The van der Waals surface area contributed by atoms with Crippen LogP contribution in [0.25, 0.3) is 0 Å². The van der Waals surface area contributed by atoms with Crippen molar-refractivity contribution < 1.29 is 0 Å². The second kappa shape index (κ2) is 4.64. The van der Waals surface area contributed by atoms with E-state index in [4.69, 9.17) is 17.3 Å². The largest absolute Gasteiger partial charge is 0.353 e. The first-order chi connectivity index (χ1) is 7.33. The first-order valence-corrected chi connectivity index (χ1v) is 5.45. The highest BCUT2D eigenvalue weighted by atomic mass is 35.5. The molecule has 2 rings (SSSR count). The van der Waals surface area contributed by atoms with Gasteiger partial charge in [0.2, 0.25) is 0 Å². The maximum Gasteiger partial charge on any atom is 0.132 e. The molecule has 0 bridgehead atoms. The molecule has 2 N–H and O–H groups in total. The molecule has 0 saturated heterocycles. The van der Waals surface area contributed by atoms with Gasteiger partial charge in [-0.25, -0.2) is 0 Å². The lowest BCUT2D eigenvalue weighted by atomic mass is 10.2. The molecule has 0 aromatic heterocycles. The van der Waals surface area contributed by atoms with E-state index in [0.717, 1.165) is 36.1 Å². The third-order valence-electron chi connectivity index (χ3n) is 2.44. The van der Waals surface area contributed by atoms with Crippen molar-refractivity contribution in [3.05, 3.63) is 34.9 Å². The summed E-state index contributed by atoms with van der Waals surface area (Å²) in [7, 11) is 0. The molecule has 1 aromatic carbocycles. The molecule has 15 heavy (non-hydrogen) atoms. The van der Waals surface area contributed by atoms with Gasteiger partial charge in [0, 0.05) is 25.2 Å². The molecule has 80 valence electrons. The van der Waals surface area contributed by atoms with Crippen LogP contribution in [0.1, 0.15) is 5.56 Å². The van der Waals surface area contributed by atoms with Crippen molar-refractivity contribution in [1.29, 1.82) is 0 Å². The molecule has 0 unspecified atom stereocenters. The van der Waals surface area contributed by atoms with Crippen molar-refractivity contribution >= 4 is 17.4 Å². The van der Waals surface area contributed by atoms with Gasteiger partial charge in [0.05, 0.1) is 11.6 Å². The van der Waals surface area contributed by atoms with Crippen LogP contribution in [-0.2, 0) is 0 Å². The van der Waals surface area contributed by atoms with E-state index in [1.807, 2.05) is 24.3 Å². The smallest absolute Gasteiger partial charge is 0.132 e. The predicted octanol–water partition coefficient (Wildman–Crippen LogP) is 1.36. The minimum Gasteiger partial charge on any atom is -0.353 e. The number of nitrogens with two attached hydrogens (primary N) is 1. The highest BCUT2D eigenvalue weighted by Gasteiger charge is 2.19. The molecule has 1 aliphatic rings. The van der Waals surface area contributed by atoms with E-state index < -0.39 is 0 Å². The Morgan fingerprint density at radius 3 is 2.93 bits per heavy atom. The molecule has 3 nitrogen and oxygen atoms in total. The van der Waals surface area contributed by atoms with Gasteiger partial charge in [-0.1, -0.05) is 23.7 Å². The molecule has 1 aliphatic heterocycles. The van der Waals surface area contributed by atoms with Crippen molar-refractivity contribution in [2.75, 3.05) is 26.2 Å². The quantitative estimate of drug-likeness (QED) is 0.841. The molecule has 0 radical (unpaired) electrons. The van der Waals surface area contributed by atoms with Crippen LogP contribution in [0.2, 0.25) is 5.02 Å². The van der Waals surface area contributed by atoms with Crippen molar-refractivity contribution in [2.45, 2.75) is 0 Å². The van der Waals surface area contributed by atoms with Crippen LogP contribution < -0.4 is 5.73 Å². The number of halogens is 1. The van der Waals surface area contributed by atoms with E-state index in [9.17, 15) is 0 Å². The zero-order valence-electron chi connectivity index (χ0n) is 8.49. The standard InChI is InChI=1S/C11H14ClN3/c12-10-4-2-1-3-9(10)11-14-6-8-15(11)7-5-13/h1-4H,5-8,13H2. The first kappa shape index (κ1) is 10.5. The minimum atomic E-state index is 0.642. The van der Waals surface area contributed by atoms with Gasteiger partial charge in [-0.15, -0.1) is 0 Å². The Kier molecular flexibility index (Phi) is 3.23. The number of benzene rings is 1. The maximum absolute atomic E-state index is 6.13. The summed E-state index contributed by atoms with van der Waals surface area (Å²) in [5, 5.41) is 0.750. The second-order valence-electron chi connectivity index (χ2n) is 3.46. The molecule has 1 heterocycles. The summed E-state index contributed by atoms with van der Waals surface area (Å²) in [6, 6.07) is 7.78. The highest BCUT2D eigenvalue weighted by Crippen LogP contribution is 2.19. The summed E-state index contributed by atoms with van der Waals surface area (Å²) in [5.74, 6) is 0.978. The third-order valence-corrected chi connectivity index (χ3v) is 2.77. The second-order valence-corrected chi connectivity index (χ2v) is 3.87. The molecule has 0 fully saturated rings. The van der Waals surface area contributed by atoms with Crippen molar-refractivity contribution in [2.24, 2.45) is 10.7 Å². The molecule has 0 spiro atoms. The highest BCUT2D eigenvalue weighted by molar-refractivity contribution is 6.34. The normalized spacial score (nSPS) is 15.6. The van der Waals surface area contributed by atoms with Gasteiger partial charge in [-0.05, 0) is 12.1 Å². The SMILES string of the molecule is NCCN1CCN=C1c1ccccc1Cl.